The lowest BCUT2D eigenvalue weighted by Crippen LogP contribution is -2.30. The normalized spacial score (nSPS) is 21.0. The van der Waals surface area contributed by atoms with E-state index >= 15 is 0 Å². The summed E-state index contributed by atoms with van der Waals surface area (Å²) >= 11 is 1.74. The van der Waals surface area contributed by atoms with Crippen molar-refractivity contribution >= 4 is 50.8 Å². The van der Waals surface area contributed by atoms with E-state index in [0.29, 0.717) is 80.8 Å². The van der Waals surface area contributed by atoms with Crippen molar-refractivity contribution in [2.75, 3.05) is 51.5 Å². The highest BCUT2D eigenvalue weighted by Crippen LogP contribution is 2.45. The van der Waals surface area contributed by atoms with Gasteiger partial charge in [-0.1, -0.05) is 94.9 Å². The van der Waals surface area contributed by atoms with E-state index in [1.807, 2.05) is 18.2 Å². The van der Waals surface area contributed by atoms with E-state index < -0.39 is 5.97 Å². The molecule has 3 aliphatic rings. The Morgan fingerprint density at radius 2 is 1.34 bits per heavy atom. The standard InChI is InChI=1S/C45H61NO9.C13H18N2S/c1-3-5-32-6-8-33(9-7-32)34-10-12-35(13-11-34)38-18-23-42(39(30-38)31-46)55-45(49)37-16-14-36(15-17-37)44(48)54-41-21-19-40(20-22-41)52-28-26-50-24-25-51-27-29-53-43(47)4-2;1-2-3-4-7-10-14-13-15-11-8-5-6-9-12(11)16-13/h4,18-23,30-37,46H,2-3,5-17,24-29H2,1H3;5-6,8-9H,2-4,7,10H2,1H3,(H,14,15). The van der Waals surface area contributed by atoms with Crippen LogP contribution in [0.5, 0.6) is 17.2 Å². The van der Waals surface area contributed by atoms with Crippen LogP contribution in [-0.4, -0.2) is 75.3 Å². The third-order valence-electron chi connectivity index (χ3n) is 14.4. The minimum Gasteiger partial charge on any atom is -0.491 e. The SMILES string of the molecule is C=CC(=O)OCCOCCOCCOc1ccc(OC(=O)C2CCC(C(=O)Oc3ccc(C4CCC(C5CCC(CCC)CC5)CC4)cc3C=N)CC2)cc1.CCCCCCNc1nc2ccccc2s1. The lowest BCUT2D eigenvalue weighted by atomic mass is 9.68. The predicted molar refractivity (Wildman–Crippen MR) is 283 cm³/mol. The Labute approximate surface area is 426 Å². The van der Waals surface area contributed by atoms with Gasteiger partial charge >= 0.3 is 17.9 Å². The molecule has 3 fully saturated rings. The number of ether oxygens (including phenoxy) is 6. The van der Waals surface area contributed by atoms with Crippen molar-refractivity contribution in [3.8, 4) is 17.2 Å². The molecule has 2 N–H and O–H groups in total. The van der Waals surface area contributed by atoms with Crippen LogP contribution in [0.4, 0.5) is 5.13 Å². The van der Waals surface area contributed by atoms with Gasteiger partial charge in [-0.15, -0.1) is 0 Å². The van der Waals surface area contributed by atoms with Gasteiger partial charge in [-0.25, -0.2) is 9.78 Å². The fraction of sp³-hybridized carbons (Fsp3) is 0.569. The molecule has 3 aliphatic carbocycles. The molecule has 0 atom stereocenters. The number of thiazole rings is 1. The van der Waals surface area contributed by atoms with E-state index in [4.69, 9.17) is 33.8 Å². The average molecular weight is 994 g/mol. The van der Waals surface area contributed by atoms with Crippen LogP contribution in [0, 0.1) is 35.0 Å². The van der Waals surface area contributed by atoms with Crippen LogP contribution in [0.3, 0.4) is 0 Å². The molecule has 0 radical (unpaired) electrons. The third-order valence-corrected chi connectivity index (χ3v) is 15.4. The summed E-state index contributed by atoms with van der Waals surface area (Å²) in [7, 11) is 0. The number of aromatic nitrogens is 1. The maximum Gasteiger partial charge on any atom is 0.330 e. The van der Waals surface area contributed by atoms with Crippen molar-refractivity contribution in [1.82, 2.24) is 4.98 Å². The Balaban J connectivity index is 0.000000434. The first-order valence-corrected chi connectivity index (χ1v) is 27.4. The number of hydrogen-bond acceptors (Lipinski definition) is 13. The highest BCUT2D eigenvalue weighted by molar-refractivity contribution is 7.22. The topological polar surface area (TPSA) is 155 Å². The number of para-hydroxylation sites is 1. The molecule has 3 saturated carbocycles. The Kier molecular flexibility index (Phi) is 23.9. The van der Waals surface area contributed by atoms with E-state index in [1.54, 1.807) is 35.6 Å². The highest BCUT2D eigenvalue weighted by Gasteiger charge is 2.34. The molecule has 71 heavy (non-hydrogen) atoms. The van der Waals surface area contributed by atoms with Crippen LogP contribution in [0.15, 0.2) is 79.4 Å². The second kappa shape index (κ2) is 30.7. The van der Waals surface area contributed by atoms with E-state index in [1.165, 1.54) is 106 Å². The summed E-state index contributed by atoms with van der Waals surface area (Å²) in [5.41, 5.74) is 2.99. The number of carbonyl (C=O) groups is 3. The number of hydrogen-bond donors (Lipinski definition) is 2. The number of fused-ring (bicyclic) bond motifs is 1. The molecule has 13 heteroatoms. The Morgan fingerprint density at radius 1 is 0.704 bits per heavy atom. The van der Waals surface area contributed by atoms with Crippen LogP contribution in [-0.2, 0) is 28.6 Å². The van der Waals surface area contributed by atoms with Gasteiger partial charge < -0.3 is 39.1 Å². The number of esters is 3. The molecular formula is C58H79N3O9S. The molecule has 7 rings (SSSR count). The lowest BCUT2D eigenvalue weighted by molar-refractivity contribution is -0.145. The summed E-state index contributed by atoms with van der Waals surface area (Å²) in [4.78, 5) is 41.7. The molecule has 0 bridgehead atoms. The molecule has 1 heterocycles. The van der Waals surface area contributed by atoms with Crippen molar-refractivity contribution < 1.29 is 42.8 Å². The molecule has 0 amide bonds. The first-order valence-electron chi connectivity index (χ1n) is 26.6. The number of anilines is 1. The van der Waals surface area contributed by atoms with Gasteiger partial charge in [-0.2, -0.15) is 0 Å². The summed E-state index contributed by atoms with van der Waals surface area (Å²) in [6.45, 7) is 10.8. The predicted octanol–water partition coefficient (Wildman–Crippen LogP) is 13.3. The maximum absolute atomic E-state index is 13.2. The van der Waals surface area contributed by atoms with Gasteiger partial charge in [0.25, 0.3) is 0 Å². The van der Waals surface area contributed by atoms with Gasteiger partial charge in [0, 0.05) is 24.4 Å². The van der Waals surface area contributed by atoms with Crippen LogP contribution < -0.4 is 19.5 Å². The fourth-order valence-electron chi connectivity index (χ4n) is 10.4. The summed E-state index contributed by atoms with van der Waals surface area (Å²) in [6, 6.07) is 21.2. The van der Waals surface area contributed by atoms with Crippen molar-refractivity contribution in [3.05, 3.63) is 90.5 Å². The number of nitrogens with one attached hydrogen (secondary N) is 2. The van der Waals surface area contributed by atoms with Gasteiger partial charge in [-0.3, -0.25) is 9.59 Å². The molecule has 0 aliphatic heterocycles. The summed E-state index contributed by atoms with van der Waals surface area (Å²) in [5.74, 6) is 3.06. The second-order valence-corrected chi connectivity index (χ2v) is 20.4. The van der Waals surface area contributed by atoms with Crippen molar-refractivity contribution in [3.63, 3.8) is 0 Å². The molecule has 1 aromatic heterocycles. The van der Waals surface area contributed by atoms with Crippen molar-refractivity contribution in [2.24, 2.45) is 29.6 Å². The Hall–Kier alpha value is -5.11. The smallest absolute Gasteiger partial charge is 0.330 e. The number of nitrogens with zero attached hydrogens (tertiary/aromatic N) is 1. The highest BCUT2D eigenvalue weighted by atomic mass is 32.1. The Bertz CT molecular complexity index is 2190. The van der Waals surface area contributed by atoms with Gasteiger partial charge in [0.1, 0.15) is 30.5 Å². The van der Waals surface area contributed by atoms with Crippen LogP contribution >= 0.6 is 11.3 Å². The largest absolute Gasteiger partial charge is 0.491 e. The molecule has 0 unspecified atom stereocenters. The molecule has 12 nitrogen and oxygen atoms in total. The summed E-state index contributed by atoms with van der Waals surface area (Å²) < 4.78 is 34.1. The number of rotatable bonds is 26. The van der Waals surface area contributed by atoms with Gasteiger partial charge in [0.15, 0.2) is 5.13 Å². The quantitative estimate of drug-likeness (QED) is 0.0203. The van der Waals surface area contributed by atoms with E-state index in [2.05, 4.69) is 55.0 Å². The average Bonchev–Trinajstić information content (AvgIpc) is 3.83. The molecule has 4 aromatic rings. The zero-order valence-electron chi connectivity index (χ0n) is 42.4. The number of benzene rings is 3. The molecular weight excluding hydrogens is 915 g/mol. The van der Waals surface area contributed by atoms with Crippen molar-refractivity contribution in [1.29, 1.82) is 5.41 Å². The molecule has 3 aromatic carbocycles. The van der Waals surface area contributed by atoms with Gasteiger partial charge in [-0.05, 0) is 148 Å². The lowest BCUT2D eigenvalue weighted by Gasteiger charge is -2.38. The summed E-state index contributed by atoms with van der Waals surface area (Å²) in [5, 5.41) is 12.5. The second-order valence-electron chi connectivity index (χ2n) is 19.4. The van der Waals surface area contributed by atoms with Crippen LogP contribution in [0.25, 0.3) is 10.2 Å². The zero-order valence-corrected chi connectivity index (χ0v) is 43.2. The third kappa shape index (κ3) is 18.5. The van der Waals surface area contributed by atoms with Gasteiger partial charge in [0.05, 0.1) is 48.5 Å². The van der Waals surface area contributed by atoms with E-state index in [9.17, 15) is 14.4 Å². The van der Waals surface area contributed by atoms with E-state index in [-0.39, 0.29) is 37.0 Å². The minimum absolute atomic E-state index is 0.168. The molecule has 0 spiro atoms. The monoisotopic (exact) mass is 994 g/mol. The number of carbonyl (C=O) groups excluding carboxylic acids is 3. The first kappa shape index (κ1) is 55.2. The van der Waals surface area contributed by atoms with Crippen LogP contribution in [0.2, 0.25) is 0 Å². The van der Waals surface area contributed by atoms with Crippen LogP contribution in [0.1, 0.15) is 146 Å². The van der Waals surface area contributed by atoms with E-state index in [0.717, 1.165) is 41.0 Å². The van der Waals surface area contributed by atoms with Crippen molar-refractivity contribution in [2.45, 2.75) is 135 Å². The molecule has 0 saturated heterocycles. The molecule has 386 valence electrons. The maximum atomic E-state index is 13.2. The fourth-order valence-corrected chi connectivity index (χ4v) is 11.3. The first-order chi connectivity index (χ1) is 34.8. The minimum atomic E-state index is -0.478. The Morgan fingerprint density at radius 3 is 1.99 bits per heavy atom. The number of unbranched alkanes of at least 4 members (excludes halogenated alkanes) is 3. The zero-order chi connectivity index (χ0) is 50.0. The summed E-state index contributed by atoms with van der Waals surface area (Å²) in [6.07, 6.45) is 23.1. The van der Waals surface area contributed by atoms with Gasteiger partial charge in [0.2, 0.25) is 0 Å².